The lowest BCUT2D eigenvalue weighted by Gasteiger charge is -2.10. The maximum absolute atomic E-state index is 12.9. The fourth-order valence-electron chi connectivity index (χ4n) is 3.20. The summed E-state index contributed by atoms with van der Waals surface area (Å²) in [5.41, 5.74) is 1.24. The highest BCUT2D eigenvalue weighted by atomic mass is 127. The van der Waals surface area contributed by atoms with Gasteiger partial charge in [-0.25, -0.2) is 9.97 Å². The number of aromatic nitrogens is 2. The van der Waals surface area contributed by atoms with Crippen molar-refractivity contribution < 1.29 is 22.8 Å². The molecule has 0 spiro atoms. The third kappa shape index (κ3) is 5.70. The van der Waals surface area contributed by atoms with Crippen LogP contribution in [0.15, 0.2) is 60.9 Å². The van der Waals surface area contributed by atoms with E-state index in [1.54, 1.807) is 40.8 Å². The molecule has 0 unspecified atom stereocenters. The maximum atomic E-state index is 12.9. The molecule has 0 aliphatic rings. The molecule has 0 atom stereocenters. The van der Waals surface area contributed by atoms with E-state index in [9.17, 15) is 22.8 Å². The van der Waals surface area contributed by atoms with Crippen molar-refractivity contribution in [3.63, 3.8) is 0 Å². The van der Waals surface area contributed by atoms with E-state index >= 15 is 0 Å². The van der Waals surface area contributed by atoms with E-state index in [0.717, 1.165) is 22.4 Å². The first-order valence-electron chi connectivity index (χ1n) is 9.96. The van der Waals surface area contributed by atoms with Gasteiger partial charge in [0.1, 0.15) is 12.1 Å². The zero-order chi connectivity index (χ0) is 24.3. The second-order valence-electron chi connectivity index (χ2n) is 7.23. The van der Waals surface area contributed by atoms with Gasteiger partial charge in [0.15, 0.2) is 0 Å². The Labute approximate surface area is 209 Å². The molecule has 2 aromatic heterocycles. The number of nitrogens with zero attached hydrogens (tertiary/aromatic N) is 2. The smallest absolute Gasteiger partial charge is 0.368 e. The van der Waals surface area contributed by atoms with Gasteiger partial charge in [0.2, 0.25) is 3.79 Å². The van der Waals surface area contributed by atoms with Crippen LogP contribution in [-0.2, 0) is 12.6 Å². The molecule has 0 aliphatic heterocycles. The number of benzene rings is 2. The van der Waals surface area contributed by atoms with E-state index in [0.29, 0.717) is 34.9 Å². The molecule has 2 heterocycles. The Balaban J connectivity index is 1.35. The van der Waals surface area contributed by atoms with Crippen LogP contribution in [0.25, 0.3) is 10.2 Å². The predicted octanol–water partition coefficient (Wildman–Crippen LogP) is 6.19. The molecule has 0 bridgehead atoms. The van der Waals surface area contributed by atoms with Gasteiger partial charge in [-0.05, 0) is 48.4 Å². The Bertz CT molecular complexity index is 1360. The Morgan fingerprint density at radius 1 is 1.03 bits per heavy atom. The highest BCUT2D eigenvalue weighted by molar-refractivity contribution is 14.1. The van der Waals surface area contributed by atoms with E-state index in [1.807, 2.05) is 12.1 Å². The monoisotopic (exact) mass is 596 g/mol. The third-order valence-corrected chi connectivity index (χ3v) is 6.95. The summed E-state index contributed by atoms with van der Waals surface area (Å²) >= 11 is 3.08. The number of carbonyl (C=O) groups excluding carboxylic acids is 2. The first-order valence-corrected chi connectivity index (χ1v) is 11.9. The van der Waals surface area contributed by atoms with E-state index in [2.05, 4.69) is 20.6 Å². The highest BCUT2D eigenvalue weighted by Gasteiger charge is 2.30. The van der Waals surface area contributed by atoms with Gasteiger partial charge in [0, 0.05) is 40.4 Å². The molecule has 2 aromatic carbocycles. The van der Waals surface area contributed by atoms with Crippen molar-refractivity contribution in [3.05, 3.63) is 82.5 Å². The summed E-state index contributed by atoms with van der Waals surface area (Å²) in [6.45, 7) is 0.577. The molecule has 0 aliphatic carbocycles. The van der Waals surface area contributed by atoms with Crippen LogP contribution >= 0.6 is 33.9 Å². The molecule has 11 heteroatoms. The number of alkyl halides is 3. The number of amides is 1. The molecule has 4 aromatic rings. The number of thiophene rings is 1. The summed E-state index contributed by atoms with van der Waals surface area (Å²) < 4.78 is 39.4. The summed E-state index contributed by atoms with van der Waals surface area (Å²) in [7, 11) is 0. The number of halogens is 4. The molecule has 4 rings (SSSR count). The van der Waals surface area contributed by atoms with Crippen LogP contribution in [0.4, 0.5) is 24.7 Å². The van der Waals surface area contributed by atoms with Crippen LogP contribution in [0, 0.1) is 0 Å². The van der Waals surface area contributed by atoms with Gasteiger partial charge < -0.3 is 10.6 Å². The number of nitrogens with one attached hydrogen (secondary N) is 2. The molecule has 0 saturated carbocycles. The quantitative estimate of drug-likeness (QED) is 0.196. The Morgan fingerprint density at radius 3 is 2.50 bits per heavy atom. The summed E-state index contributed by atoms with van der Waals surface area (Å²) in [6.07, 6.45) is -2.40. The zero-order valence-corrected chi connectivity index (χ0v) is 20.3. The first kappa shape index (κ1) is 24.1. The number of fused-ring (bicyclic) bond motifs is 1. The van der Waals surface area contributed by atoms with Crippen molar-refractivity contribution in [2.75, 3.05) is 17.2 Å². The lowest BCUT2D eigenvalue weighted by molar-refractivity contribution is -0.137. The molecule has 0 saturated heterocycles. The van der Waals surface area contributed by atoms with Crippen LogP contribution < -0.4 is 10.6 Å². The van der Waals surface area contributed by atoms with Crippen LogP contribution in [0.5, 0.6) is 0 Å². The third-order valence-electron chi connectivity index (χ3n) is 4.87. The molecular weight excluding hydrogens is 580 g/mol. The predicted molar refractivity (Wildman–Crippen MR) is 134 cm³/mol. The minimum absolute atomic E-state index is 0.0493. The summed E-state index contributed by atoms with van der Waals surface area (Å²) in [4.78, 5) is 33.0. The fraction of sp³-hybridized carbons (Fsp3) is 0.130. The topological polar surface area (TPSA) is 84.0 Å². The number of carbonyl (C=O) groups is 2. The Morgan fingerprint density at radius 2 is 1.79 bits per heavy atom. The molecule has 174 valence electrons. The van der Waals surface area contributed by atoms with Crippen molar-refractivity contribution in [2.24, 2.45) is 0 Å². The SMILES string of the molecule is O=C(Nc1ccc(CCNc2ncnc3cc(C(=O)I)sc23)cc1)c1cccc(C(F)(F)F)c1. The lowest BCUT2D eigenvalue weighted by Crippen LogP contribution is -2.14. The van der Waals surface area contributed by atoms with Crippen LogP contribution in [0.3, 0.4) is 0 Å². The molecule has 34 heavy (non-hydrogen) atoms. The lowest BCUT2D eigenvalue weighted by atomic mass is 10.1. The summed E-state index contributed by atoms with van der Waals surface area (Å²) in [6, 6.07) is 13.1. The molecule has 2 N–H and O–H groups in total. The van der Waals surface area contributed by atoms with Gasteiger partial charge in [-0.3, -0.25) is 9.59 Å². The van der Waals surface area contributed by atoms with Crippen molar-refractivity contribution in [1.82, 2.24) is 9.97 Å². The van der Waals surface area contributed by atoms with Crippen molar-refractivity contribution in [1.29, 1.82) is 0 Å². The van der Waals surface area contributed by atoms with Gasteiger partial charge >= 0.3 is 6.18 Å². The fourth-order valence-corrected chi connectivity index (χ4v) is 4.59. The standard InChI is InChI=1S/C23H16F3IN4O2S/c24-23(25,26)15-3-1-2-14(10-15)22(33)31-16-6-4-13(5-7-16)8-9-28-21-19-17(29-12-30-21)11-18(34-19)20(27)32/h1-7,10-12H,8-9H2,(H,31,33)(H,28,29,30). The minimum Gasteiger partial charge on any atom is -0.368 e. The number of rotatable bonds is 7. The molecule has 6 nitrogen and oxygen atoms in total. The summed E-state index contributed by atoms with van der Waals surface area (Å²) in [5.74, 6) is 0.0393. The molecule has 0 radical (unpaired) electrons. The normalized spacial score (nSPS) is 11.4. The maximum Gasteiger partial charge on any atom is 0.416 e. The van der Waals surface area contributed by atoms with E-state index < -0.39 is 17.6 Å². The van der Waals surface area contributed by atoms with Crippen LogP contribution in [0.2, 0.25) is 0 Å². The van der Waals surface area contributed by atoms with E-state index in [-0.39, 0.29) is 9.35 Å². The molecular formula is C23H16F3IN4O2S. The highest BCUT2D eigenvalue weighted by Crippen LogP contribution is 2.31. The van der Waals surface area contributed by atoms with Gasteiger partial charge in [-0.15, -0.1) is 11.3 Å². The van der Waals surface area contributed by atoms with Crippen LogP contribution in [0.1, 0.15) is 31.2 Å². The van der Waals surface area contributed by atoms with Gasteiger partial charge in [0.25, 0.3) is 5.91 Å². The molecule has 1 amide bonds. The second-order valence-corrected chi connectivity index (χ2v) is 9.26. The van der Waals surface area contributed by atoms with E-state index in [1.165, 1.54) is 29.8 Å². The van der Waals surface area contributed by atoms with Crippen molar-refractivity contribution in [2.45, 2.75) is 12.6 Å². The van der Waals surface area contributed by atoms with Crippen LogP contribution in [-0.4, -0.2) is 26.2 Å². The Kier molecular flexibility index (Phi) is 7.12. The average molecular weight is 596 g/mol. The minimum atomic E-state index is -4.51. The van der Waals surface area contributed by atoms with Gasteiger partial charge in [-0.1, -0.05) is 18.2 Å². The number of hydrogen-bond acceptors (Lipinski definition) is 6. The number of anilines is 2. The largest absolute Gasteiger partial charge is 0.416 e. The second kappa shape index (κ2) is 10.1. The number of hydrogen-bond donors (Lipinski definition) is 2. The molecule has 0 fully saturated rings. The summed E-state index contributed by atoms with van der Waals surface area (Å²) in [5, 5.41) is 5.87. The zero-order valence-electron chi connectivity index (χ0n) is 17.3. The Hall–Kier alpha value is -3.06. The average Bonchev–Trinajstić information content (AvgIpc) is 3.25. The van der Waals surface area contributed by atoms with E-state index in [4.69, 9.17) is 0 Å². The first-order chi connectivity index (χ1) is 16.2. The van der Waals surface area contributed by atoms with Crippen molar-refractivity contribution >= 4 is 65.3 Å². The van der Waals surface area contributed by atoms with Gasteiger partial charge in [0.05, 0.1) is 20.7 Å². The van der Waals surface area contributed by atoms with Gasteiger partial charge in [-0.2, -0.15) is 13.2 Å². The van der Waals surface area contributed by atoms with Crippen molar-refractivity contribution in [3.8, 4) is 0 Å².